The number of azo groups is 1. The monoisotopic (exact) mass is 464 g/mol. The van der Waals surface area contributed by atoms with Crippen LogP contribution in [-0.2, 0) is 14.8 Å². The van der Waals surface area contributed by atoms with Crippen LogP contribution in [0.15, 0.2) is 87.5 Å². The molecule has 1 N–H and O–H groups in total. The number of carbonyl (C=O) groups excluding carboxylic acids is 2. The Labute approximate surface area is 188 Å². The Bertz CT molecular complexity index is 1340. The van der Waals surface area contributed by atoms with Crippen LogP contribution in [0.2, 0.25) is 0 Å². The highest BCUT2D eigenvalue weighted by molar-refractivity contribution is 7.92. The van der Waals surface area contributed by atoms with E-state index in [1.54, 1.807) is 13.0 Å². The molecule has 0 fully saturated rings. The molecule has 1 aromatic carbocycles. The zero-order valence-corrected chi connectivity index (χ0v) is 17.9. The molecule has 2 amide bonds. The van der Waals surface area contributed by atoms with Crippen LogP contribution in [0.4, 0.5) is 11.6 Å². The molecule has 0 saturated heterocycles. The fourth-order valence-corrected chi connectivity index (χ4v) is 3.76. The first-order valence-electron chi connectivity index (χ1n) is 9.49. The number of imide groups is 1. The van der Waals surface area contributed by atoms with Crippen molar-refractivity contribution in [3.63, 3.8) is 0 Å². The van der Waals surface area contributed by atoms with Crippen LogP contribution in [0.1, 0.15) is 17.3 Å². The Balaban J connectivity index is 1.45. The molecular weight excluding hydrogens is 448 g/mol. The molecule has 0 saturated carbocycles. The predicted molar refractivity (Wildman–Crippen MR) is 116 cm³/mol. The minimum atomic E-state index is -3.89. The van der Waals surface area contributed by atoms with Crippen molar-refractivity contribution in [2.24, 2.45) is 15.3 Å². The zero-order chi connectivity index (χ0) is 23.4. The van der Waals surface area contributed by atoms with Gasteiger partial charge in [0.05, 0.1) is 16.3 Å². The normalized spacial score (nSPS) is 16.2. The SMILES string of the molecule is CC1=NN(C(=O)c2ccncc2)C(=O)C1N=Nc1ccc(S(=O)(=O)Nc2ncccn2)cc1. The molecule has 0 bridgehead atoms. The maximum atomic E-state index is 12.6. The summed E-state index contributed by atoms with van der Waals surface area (Å²) in [7, 11) is -3.89. The van der Waals surface area contributed by atoms with Gasteiger partial charge in [0.2, 0.25) is 5.95 Å². The number of rotatable bonds is 6. The van der Waals surface area contributed by atoms with Crippen molar-refractivity contribution in [1.29, 1.82) is 0 Å². The summed E-state index contributed by atoms with van der Waals surface area (Å²) in [6, 6.07) is 8.97. The van der Waals surface area contributed by atoms with E-state index in [1.807, 2.05) is 0 Å². The van der Waals surface area contributed by atoms with Crippen molar-refractivity contribution in [3.05, 3.63) is 72.8 Å². The van der Waals surface area contributed by atoms with Crippen molar-refractivity contribution in [3.8, 4) is 0 Å². The van der Waals surface area contributed by atoms with Crippen LogP contribution >= 0.6 is 0 Å². The van der Waals surface area contributed by atoms with E-state index in [0.29, 0.717) is 11.4 Å². The second-order valence-electron chi connectivity index (χ2n) is 6.72. The van der Waals surface area contributed by atoms with Gasteiger partial charge in [-0.25, -0.2) is 23.1 Å². The number of amides is 2. The van der Waals surface area contributed by atoms with Crippen LogP contribution in [0.5, 0.6) is 0 Å². The Morgan fingerprint density at radius 3 is 2.36 bits per heavy atom. The number of carbonyl (C=O) groups is 2. The fraction of sp³-hybridized carbons (Fsp3) is 0.100. The van der Waals surface area contributed by atoms with Gasteiger partial charge in [-0.2, -0.15) is 20.3 Å². The smallest absolute Gasteiger partial charge is 0.269 e. The zero-order valence-electron chi connectivity index (χ0n) is 17.1. The molecule has 1 atom stereocenters. The van der Waals surface area contributed by atoms with E-state index in [2.05, 4.69) is 35.0 Å². The maximum Gasteiger partial charge on any atom is 0.282 e. The van der Waals surface area contributed by atoms with Gasteiger partial charge in [-0.1, -0.05) is 0 Å². The van der Waals surface area contributed by atoms with Crippen LogP contribution in [0, 0.1) is 0 Å². The van der Waals surface area contributed by atoms with Gasteiger partial charge in [-0.3, -0.25) is 14.6 Å². The van der Waals surface area contributed by atoms with Gasteiger partial charge in [-0.05, 0) is 49.4 Å². The van der Waals surface area contributed by atoms with E-state index in [1.165, 1.54) is 61.2 Å². The third-order valence-corrected chi connectivity index (χ3v) is 5.79. The Morgan fingerprint density at radius 2 is 1.70 bits per heavy atom. The highest BCUT2D eigenvalue weighted by Gasteiger charge is 2.38. The van der Waals surface area contributed by atoms with Crippen LogP contribution in [0.25, 0.3) is 0 Å². The van der Waals surface area contributed by atoms with Crippen LogP contribution in [-0.4, -0.2) is 51.9 Å². The van der Waals surface area contributed by atoms with Gasteiger partial charge >= 0.3 is 0 Å². The molecule has 166 valence electrons. The molecule has 0 aliphatic carbocycles. The average molecular weight is 464 g/mol. The van der Waals surface area contributed by atoms with E-state index in [4.69, 9.17) is 0 Å². The number of hydrogen-bond acceptors (Lipinski definition) is 10. The predicted octanol–water partition coefficient (Wildman–Crippen LogP) is 2.18. The quantitative estimate of drug-likeness (QED) is 0.432. The van der Waals surface area contributed by atoms with Crippen molar-refractivity contribution in [2.75, 3.05) is 4.72 Å². The van der Waals surface area contributed by atoms with E-state index < -0.39 is 27.9 Å². The molecule has 3 heterocycles. The molecule has 33 heavy (non-hydrogen) atoms. The maximum absolute atomic E-state index is 12.6. The van der Waals surface area contributed by atoms with E-state index in [0.717, 1.165) is 5.01 Å². The summed E-state index contributed by atoms with van der Waals surface area (Å²) in [6.45, 7) is 1.56. The first-order valence-corrected chi connectivity index (χ1v) is 11.0. The summed E-state index contributed by atoms with van der Waals surface area (Å²) in [6.07, 6.45) is 5.70. The van der Waals surface area contributed by atoms with Crippen LogP contribution < -0.4 is 4.72 Å². The molecule has 3 aromatic rings. The van der Waals surface area contributed by atoms with E-state index >= 15 is 0 Å². The van der Waals surface area contributed by atoms with Gasteiger partial charge in [0.15, 0.2) is 6.04 Å². The topological polar surface area (TPSA) is 159 Å². The molecule has 13 heteroatoms. The summed E-state index contributed by atoms with van der Waals surface area (Å²) < 4.78 is 27.1. The number of aromatic nitrogens is 3. The molecule has 1 aliphatic heterocycles. The highest BCUT2D eigenvalue weighted by Crippen LogP contribution is 2.21. The first kappa shape index (κ1) is 21.8. The van der Waals surface area contributed by atoms with Crippen LogP contribution in [0.3, 0.4) is 0 Å². The standard InChI is InChI=1S/C20H16N8O4S/c1-13-17(19(30)28(26-13)18(29)14-7-11-21-12-8-14)25-24-15-3-5-16(6-4-15)33(31,32)27-20-22-9-2-10-23-20/h2-12,17H,1H3,(H,22,23,27). The lowest BCUT2D eigenvalue weighted by atomic mass is 10.2. The number of benzene rings is 1. The number of pyridine rings is 1. The van der Waals surface area contributed by atoms with Gasteiger partial charge in [0, 0.05) is 30.4 Å². The number of sulfonamides is 1. The number of nitrogens with zero attached hydrogens (tertiary/aromatic N) is 7. The average Bonchev–Trinajstić information content (AvgIpc) is 3.11. The Kier molecular flexibility index (Phi) is 5.95. The van der Waals surface area contributed by atoms with Gasteiger partial charge in [0.1, 0.15) is 0 Å². The molecular formula is C20H16N8O4S. The molecule has 4 rings (SSSR count). The highest BCUT2D eigenvalue weighted by atomic mass is 32.2. The summed E-state index contributed by atoms with van der Waals surface area (Å²) >= 11 is 0. The minimum Gasteiger partial charge on any atom is -0.269 e. The third kappa shape index (κ3) is 4.77. The van der Waals surface area contributed by atoms with E-state index in [-0.39, 0.29) is 16.4 Å². The van der Waals surface area contributed by atoms with Crippen molar-refractivity contribution >= 4 is 39.2 Å². The van der Waals surface area contributed by atoms with Crippen molar-refractivity contribution in [2.45, 2.75) is 17.9 Å². The largest absolute Gasteiger partial charge is 0.282 e. The lowest BCUT2D eigenvalue weighted by Gasteiger charge is -2.10. The van der Waals surface area contributed by atoms with Gasteiger partial charge < -0.3 is 0 Å². The Morgan fingerprint density at radius 1 is 1.03 bits per heavy atom. The van der Waals surface area contributed by atoms with Gasteiger partial charge in [0.25, 0.3) is 21.8 Å². The van der Waals surface area contributed by atoms with Gasteiger partial charge in [-0.15, -0.1) is 0 Å². The van der Waals surface area contributed by atoms with Crippen molar-refractivity contribution < 1.29 is 18.0 Å². The summed E-state index contributed by atoms with van der Waals surface area (Å²) in [5.41, 5.74) is 0.876. The second kappa shape index (κ2) is 9.00. The number of nitrogens with one attached hydrogen (secondary N) is 1. The molecule has 0 spiro atoms. The second-order valence-corrected chi connectivity index (χ2v) is 8.40. The molecule has 1 unspecified atom stereocenters. The van der Waals surface area contributed by atoms with Crippen molar-refractivity contribution in [1.82, 2.24) is 20.0 Å². The van der Waals surface area contributed by atoms with E-state index in [9.17, 15) is 18.0 Å². The summed E-state index contributed by atoms with van der Waals surface area (Å²) in [5.74, 6) is -1.28. The molecule has 12 nitrogen and oxygen atoms in total. The summed E-state index contributed by atoms with van der Waals surface area (Å²) in [5, 5.41) is 12.7. The molecule has 2 aromatic heterocycles. The minimum absolute atomic E-state index is 0.0299. The number of hydrogen-bond donors (Lipinski definition) is 1. The fourth-order valence-electron chi connectivity index (χ4n) is 2.80. The lowest BCUT2D eigenvalue weighted by molar-refractivity contribution is -0.127. The number of anilines is 1. The lowest BCUT2D eigenvalue weighted by Crippen LogP contribution is -2.34. The first-order chi connectivity index (χ1) is 15.8. The molecule has 1 aliphatic rings. The molecule has 0 radical (unpaired) electrons. The third-order valence-electron chi connectivity index (χ3n) is 4.44. The number of hydrazone groups is 1. The summed E-state index contributed by atoms with van der Waals surface area (Å²) in [4.78, 5) is 36.6. The Hall–Kier alpha value is -4.39.